The molecular formula is C12H10N2O3S2. The Balaban J connectivity index is 2.21. The quantitative estimate of drug-likeness (QED) is 0.850. The monoisotopic (exact) mass is 294 g/mol. The van der Waals surface area contributed by atoms with Crippen LogP contribution in [0.15, 0.2) is 45.5 Å². The minimum absolute atomic E-state index is 0.106. The molecule has 0 aliphatic rings. The van der Waals surface area contributed by atoms with Crippen molar-refractivity contribution in [3.63, 3.8) is 0 Å². The largest absolute Gasteiger partial charge is 0.307 e. The molecule has 0 spiro atoms. The summed E-state index contributed by atoms with van der Waals surface area (Å²) in [5.41, 5.74) is 0.300. The normalized spacial score (nSPS) is 11.1. The Morgan fingerprint density at radius 1 is 1.37 bits per heavy atom. The lowest BCUT2D eigenvalue weighted by Crippen LogP contribution is -2.19. The molecule has 0 aliphatic carbocycles. The van der Waals surface area contributed by atoms with Gasteiger partial charge in [-0.15, -0.1) is 0 Å². The van der Waals surface area contributed by atoms with Gasteiger partial charge in [-0.1, -0.05) is 17.4 Å². The Morgan fingerprint density at radius 3 is 2.79 bits per heavy atom. The van der Waals surface area contributed by atoms with E-state index in [1.165, 1.54) is 22.8 Å². The minimum atomic E-state index is -3.49. The van der Waals surface area contributed by atoms with Crippen LogP contribution in [0.1, 0.15) is 5.56 Å². The van der Waals surface area contributed by atoms with E-state index in [0.29, 0.717) is 5.56 Å². The molecule has 5 nitrogen and oxygen atoms in total. The summed E-state index contributed by atoms with van der Waals surface area (Å²) in [5.74, 6) is -0.168. The van der Waals surface area contributed by atoms with E-state index >= 15 is 0 Å². The van der Waals surface area contributed by atoms with Crippen LogP contribution in [0.25, 0.3) is 0 Å². The number of nitriles is 1. The smallest absolute Gasteiger partial charge is 0.305 e. The van der Waals surface area contributed by atoms with Gasteiger partial charge in [-0.25, -0.2) is 8.42 Å². The first kappa shape index (κ1) is 13.5. The van der Waals surface area contributed by atoms with E-state index in [1.807, 2.05) is 6.07 Å². The van der Waals surface area contributed by atoms with Gasteiger partial charge < -0.3 is 4.57 Å². The summed E-state index contributed by atoms with van der Waals surface area (Å²) in [4.78, 5) is 11.2. The number of hydrogen-bond donors (Lipinski definition) is 0. The van der Waals surface area contributed by atoms with E-state index in [0.717, 1.165) is 11.3 Å². The maximum Gasteiger partial charge on any atom is 0.307 e. The van der Waals surface area contributed by atoms with Gasteiger partial charge in [-0.05, 0) is 18.2 Å². The van der Waals surface area contributed by atoms with Crippen molar-refractivity contribution in [2.75, 3.05) is 5.75 Å². The number of aromatic nitrogens is 1. The molecule has 1 heterocycles. The fourth-order valence-electron chi connectivity index (χ4n) is 1.55. The first-order valence-corrected chi connectivity index (χ1v) is 7.93. The van der Waals surface area contributed by atoms with Gasteiger partial charge in [-0.2, -0.15) is 5.26 Å². The SMILES string of the molecule is N#Cc1cccc(S(=O)(=O)CCn2ccsc2=O)c1. The highest BCUT2D eigenvalue weighted by Crippen LogP contribution is 2.13. The molecule has 0 bridgehead atoms. The van der Waals surface area contributed by atoms with E-state index in [2.05, 4.69) is 0 Å². The zero-order chi connectivity index (χ0) is 13.9. The molecule has 7 heteroatoms. The van der Waals surface area contributed by atoms with Crippen molar-refractivity contribution in [1.82, 2.24) is 4.57 Å². The van der Waals surface area contributed by atoms with Crippen LogP contribution in [0.2, 0.25) is 0 Å². The maximum atomic E-state index is 12.1. The second-order valence-electron chi connectivity index (χ2n) is 3.82. The highest BCUT2D eigenvalue weighted by atomic mass is 32.2. The molecule has 98 valence electrons. The number of sulfone groups is 1. The number of hydrogen-bond acceptors (Lipinski definition) is 5. The lowest BCUT2D eigenvalue weighted by Gasteiger charge is -2.05. The topological polar surface area (TPSA) is 79.9 Å². The Morgan fingerprint density at radius 2 is 2.16 bits per heavy atom. The molecule has 0 unspecified atom stereocenters. The lowest BCUT2D eigenvalue weighted by molar-refractivity contribution is 0.588. The molecule has 0 atom stereocenters. The van der Waals surface area contributed by atoms with Crippen LogP contribution in [0.3, 0.4) is 0 Å². The van der Waals surface area contributed by atoms with Crippen LogP contribution in [0, 0.1) is 11.3 Å². The van der Waals surface area contributed by atoms with Crippen LogP contribution in [0.5, 0.6) is 0 Å². The third-order valence-corrected chi connectivity index (χ3v) is 4.95. The molecule has 0 saturated heterocycles. The van der Waals surface area contributed by atoms with Crippen LogP contribution in [-0.4, -0.2) is 18.7 Å². The summed E-state index contributed by atoms with van der Waals surface area (Å²) in [6, 6.07) is 7.76. The molecule has 2 rings (SSSR count). The summed E-state index contributed by atoms with van der Waals surface area (Å²) in [6.07, 6.45) is 1.56. The second-order valence-corrected chi connectivity index (χ2v) is 6.79. The maximum absolute atomic E-state index is 12.1. The van der Waals surface area contributed by atoms with Gasteiger partial charge >= 0.3 is 4.87 Å². The van der Waals surface area contributed by atoms with Crippen molar-refractivity contribution >= 4 is 21.2 Å². The highest BCUT2D eigenvalue weighted by Gasteiger charge is 2.15. The molecular weight excluding hydrogens is 284 g/mol. The van der Waals surface area contributed by atoms with Crippen molar-refractivity contribution in [2.45, 2.75) is 11.4 Å². The van der Waals surface area contributed by atoms with Crippen molar-refractivity contribution in [3.8, 4) is 6.07 Å². The van der Waals surface area contributed by atoms with Crippen LogP contribution >= 0.6 is 11.3 Å². The van der Waals surface area contributed by atoms with E-state index in [1.54, 1.807) is 17.6 Å². The summed E-state index contributed by atoms with van der Waals surface area (Å²) in [5, 5.41) is 10.4. The molecule has 0 amide bonds. The Bertz CT molecular complexity index is 782. The summed E-state index contributed by atoms with van der Waals surface area (Å²) in [7, 11) is -3.49. The van der Waals surface area contributed by atoms with E-state index in [4.69, 9.17) is 5.26 Å². The van der Waals surface area contributed by atoms with Crippen LogP contribution in [0.4, 0.5) is 0 Å². The third kappa shape index (κ3) is 3.10. The van der Waals surface area contributed by atoms with Gasteiger partial charge in [0.2, 0.25) is 0 Å². The van der Waals surface area contributed by atoms with Gasteiger partial charge in [0.05, 0.1) is 22.3 Å². The Labute approximate surface area is 114 Å². The summed E-state index contributed by atoms with van der Waals surface area (Å²) in [6.45, 7) is 0.113. The number of nitrogens with zero attached hydrogens (tertiary/aromatic N) is 2. The Hall–Kier alpha value is -1.91. The van der Waals surface area contributed by atoms with Gasteiger partial charge in [-0.3, -0.25) is 4.79 Å². The van der Waals surface area contributed by atoms with Crippen molar-refractivity contribution in [1.29, 1.82) is 5.26 Å². The number of benzene rings is 1. The first-order chi connectivity index (χ1) is 9.03. The van der Waals surface area contributed by atoms with Gasteiger partial charge in [0.15, 0.2) is 9.84 Å². The van der Waals surface area contributed by atoms with Crippen LogP contribution in [-0.2, 0) is 16.4 Å². The molecule has 0 N–H and O–H groups in total. The van der Waals surface area contributed by atoms with Gasteiger partial charge in [0, 0.05) is 18.1 Å². The third-order valence-electron chi connectivity index (χ3n) is 2.57. The van der Waals surface area contributed by atoms with Crippen LogP contribution < -0.4 is 4.87 Å². The second kappa shape index (κ2) is 5.38. The fraction of sp³-hybridized carbons (Fsp3) is 0.167. The van der Waals surface area contributed by atoms with Gasteiger partial charge in [0.25, 0.3) is 0 Å². The van der Waals surface area contributed by atoms with E-state index in [-0.39, 0.29) is 22.1 Å². The first-order valence-electron chi connectivity index (χ1n) is 5.40. The number of thiazole rings is 1. The van der Waals surface area contributed by atoms with E-state index < -0.39 is 9.84 Å². The van der Waals surface area contributed by atoms with Crippen molar-refractivity contribution in [2.24, 2.45) is 0 Å². The molecule has 1 aromatic heterocycles. The molecule has 0 radical (unpaired) electrons. The lowest BCUT2D eigenvalue weighted by atomic mass is 10.2. The summed E-state index contributed by atoms with van der Waals surface area (Å²) < 4.78 is 25.5. The predicted octanol–water partition coefficient (Wildman–Crippen LogP) is 1.26. The summed E-state index contributed by atoms with van der Waals surface area (Å²) >= 11 is 1.03. The predicted molar refractivity (Wildman–Crippen MR) is 71.8 cm³/mol. The molecule has 19 heavy (non-hydrogen) atoms. The molecule has 0 aliphatic heterocycles. The van der Waals surface area contributed by atoms with Gasteiger partial charge in [0.1, 0.15) is 0 Å². The standard InChI is InChI=1S/C12H10N2O3S2/c13-9-10-2-1-3-11(8-10)19(16,17)7-5-14-4-6-18-12(14)15/h1-4,6,8H,5,7H2. The molecule has 0 saturated carbocycles. The minimum Gasteiger partial charge on any atom is -0.305 e. The van der Waals surface area contributed by atoms with Crippen molar-refractivity contribution < 1.29 is 8.42 Å². The number of rotatable bonds is 4. The highest BCUT2D eigenvalue weighted by molar-refractivity contribution is 7.91. The average molecular weight is 294 g/mol. The molecule has 0 fully saturated rings. The zero-order valence-electron chi connectivity index (χ0n) is 9.81. The number of aryl methyl sites for hydroxylation is 1. The zero-order valence-corrected chi connectivity index (χ0v) is 11.4. The molecule has 2 aromatic rings. The Kier molecular flexibility index (Phi) is 3.83. The average Bonchev–Trinajstić information content (AvgIpc) is 2.82. The molecule has 1 aromatic carbocycles. The van der Waals surface area contributed by atoms with E-state index in [9.17, 15) is 13.2 Å². The fourth-order valence-corrected chi connectivity index (χ4v) is 3.43. The van der Waals surface area contributed by atoms with Crippen molar-refractivity contribution in [3.05, 3.63) is 51.1 Å².